The molecule has 2 aromatic carbocycles. The highest BCUT2D eigenvalue weighted by Crippen LogP contribution is 2.39. The Kier molecular flexibility index (Phi) is 8.21. The molecule has 2 amide bonds. The second kappa shape index (κ2) is 11.8. The van der Waals surface area contributed by atoms with Gasteiger partial charge >= 0.3 is 12.1 Å². The second-order valence-electron chi connectivity index (χ2n) is 10.2. The topological polar surface area (TPSA) is 97.8 Å². The molecule has 1 N–H and O–H groups in total. The summed E-state index contributed by atoms with van der Waals surface area (Å²) in [6.07, 6.45) is 1.49. The van der Waals surface area contributed by atoms with Crippen molar-refractivity contribution in [3.8, 4) is 11.1 Å². The highest BCUT2D eigenvalue weighted by Gasteiger charge is 2.37. The van der Waals surface area contributed by atoms with Crippen molar-refractivity contribution < 1.29 is 32.6 Å². The standard InChI is InChI=1S/C30H28ClF2N3O5/c1-16-4-3-5-24(36-13-11-25(41-30(36)39)26-21(32)8-7-20(31)27(26)33)23-15-17(10-12-34-23)19-14-18(29(38)40-2)6-9-22(19)35-28(16)37/h6-10,12,14-16,24-25H,3-5,11,13H2,1-2H3,(H,35,37). The molecule has 8 nitrogen and oxygen atoms in total. The van der Waals surface area contributed by atoms with Gasteiger partial charge in [-0.05, 0) is 60.9 Å². The molecule has 214 valence electrons. The Labute approximate surface area is 240 Å². The average Bonchev–Trinajstić information content (AvgIpc) is 2.97. The van der Waals surface area contributed by atoms with Crippen LogP contribution in [0, 0.1) is 17.6 Å². The Morgan fingerprint density at radius 3 is 2.68 bits per heavy atom. The molecule has 2 aliphatic rings. The summed E-state index contributed by atoms with van der Waals surface area (Å²) < 4.78 is 39.6. The zero-order valence-corrected chi connectivity index (χ0v) is 23.2. The van der Waals surface area contributed by atoms with E-state index in [1.54, 1.807) is 36.5 Å². The van der Waals surface area contributed by atoms with Gasteiger partial charge in [0.1, 0.15) is 11.9 Å². The molecule has 1 saturated heterocycles. The number of cyclic esters (lactones) is 1. The minimum atomic E-state index is -1.13. The lowest BCUT2D eigenvalue weighted by Crippen LogP contribution is -2.42. The highest BCUT2D eigenvalue weighted by atomic mass is 35.5. The molecule has 0 saturated carbocycles. The van der Waals surface area contributed by atoms with Crippen LogP contribution in [0.25, 0.3) is 11.1 Å². The molecule has 1 fully saturated rings. The molecule has 2 aliphatic heterocycles. The van der Waals surface area contributed by atoms with Crippen molar-refractivity contribution in [1.82, 2.24) is 9.88 Å². The molecular formula is C30H28ClF2N3O5. The van der Waals surface area contributed by atoms with Gasteiger partial charge in [0, 0.05) is 36.3 Å². The van der Waals surface area contributed by atoms with Gasteiger partial charge in [-0.25, -0.2) is 18.4 Å². The maximum absolute atomic E-state index is 14.7. The Morgan fingerprint density at radius 2 is 1.93 bits per heavy atom. The fourth-order valence-corrected chi connectivity index (χ4v) is 5.49. The van der Waals surface area contributed by atoms with Crippen LogP contribution in [0.5, 0.6) is 0 Å². The van der Waals surface area contributed by atoms with Crippen LogP contribution < -0.4 is 5.32 Å². The quantitative estimate of drug-likeness (QED) is 0.267. The molecule has 11 heteroatoms. The molecule has 1 aromatic heterocycles. The summed E-state index contributed by atoms with van der Waals surface area (Å²) in [6, 6.07) is 10.1. The minimum absolute atomic E-state index is 0.139. The fourth-order valence-electron chi connectivity index (χ4n) is 5.32. The largest absolute Gasteiger partial charge is 0.465 e. The van der Waals surface area contributed by atoms with Crippen molar-refractivity contribution in [2.24, 2.45) is 5.92 Å². The molecule has 3 atom stereocenters. The van der Waals surface area contributed by atoms with Gasteiger partial charge in [0.2, 0.25) is 5.91 Å². The number of aromatic nitrogens is 1. The van der Waals surface area contributed by atoms with E-state index in [-0.39, 0.29) is 35.4 Å². The lowest BCUT2D eigenvalue weighted by molar-refractivity contribution is -0.119. The number of carbonyl (C=O) groups is 3. The number of amides is 2. The van der Waals surface area contributed by atoms with Crippen molar-refractivity contribution in [2.75, 3.05) is 19.0 Å². The summed E-state index contributed by atoms with van der Waals surface area (Å²) in [5.74, 6) is -2.81. The molecule has 3 aromatic rings. The monoisotopic (exact) mass is 583 g/mol. The summed E-state index contributed by atoms with van der Waals surface area (Å²) >= 11 is 5.86. The molecule has 0 spiro atoms. The van der Waals surface area contributed by atoms with E-state index in [2.05, 4.69) is 10.3 Å². The lowest BCUT2D eigenvalue weighted by Gasteiger charge is -2.37. The van der Waals surface area contributed by atoms with Gasteiger partial charge in [-0.3, -0.25) is 14.7 Å². The number of esters is 1. The number of methoxy groups -OCH3 is 1. The van der Waals surface area contributed by atoms with Crippen LogP contribution in [-0.2, 0) is 14.3 Å². The van der Waals surface area contributed by atoms with E-state index >= 15 is 0 Å². The number of nitrogens with one attached hydrogen (secondary N) is 1. The van der Waals surface area contributed by atoms with E-state index in [0.717, 1.165) is 12.1 Å². The van der Waals surface area contributed by atoms with E-state index in [0.29, 0.717) is 47.3 Å². The summed E-state index contributed by atoms with van der Waals surface area (Å²) in [5.41, 5.74) is 2.29. The number of benzene rings is 2. The molecule has 2 bridgehead atoms. The highest BCUT2D eigenvalue weighted by molar-refractivity contribution is 6.30. The summed E-state index contributed by atoms with van der Waals surface area (Å²) in [5, 5.41) is 2.71. The van der Waals surface area contributed by atoms with Gasteiger partial charge in [-0.15, -0.1) is 0 Å². The van der Waals surface area contributed by atoms with Crippen LogP contribution >= 0.6 is 11.6 Å². The molecule has 0 aliphatic carbocycles. The molecule has 0 radical (unpaired) electrons. The first-order valence-electron chi connectivity index (χ1n) is 13.3. The molecule has 3 heterocycles. The fraction of sp³-hybridized carbons (Fsp3) is 0.333. The summed E-state index contributed by atoms with van der Waals surface area (Å²) in [4.78, 5) is 44.6. The van der Waals surface area contributed by atoms with Crippen molar-refractivity contribution >= 4 is 35.3 Å². The van der Waals surface area contributed by atoms with Crippen LogP contribution in [0.1, 0.15) is 66.4 Å². The second-order valence-corrected chi connectivity index (χ2v) is 10.6. The van der Waals surface area contributed by atoms with Gasteiger partial charge in [-0.1, -0.05) is 24.9 Å². The third-order valence-corrected chi connectivity index (χ3v) is 7.87. The number of hydrogen-bond acceptors (Lipinski definition) is 6. The average molecular weight is 584 g/mol. The number of hydrogen-bond donors (Lipinski definition) is 1. The van der Waals surface area contributed by atoms with Crippen LogP contribution in [0.2, 0.25) is 5.02 Å². The maximum Gasteiger partial charge on any atom is 0.410 e. The van der Waals surface area contributed by atoms with E-state index in [1.165, 1.54) is 12.0 Å². The zero-order valence-electron chi connectivity index (χ0n) is 22.5. The Hall–Kier alpha value is -4.05. The normalized spacial score (nSPS) is 21.1. The summed E-state index contributed by atoms with van der Waals surface area (Å²) in [7, 11) is 1.29. The van der Waals surface area contributed by atoms with Crippen LogP contribution in [0.4, 0.5) is 19.3 Å². The third-order valence-electron chi connectivity index (χ3n) is 7.58. The maximum atomic E-state index is 14.7. The molecule has 5 rings (SSSR count). The van der Waals surface area contributed by atoms with Crippen LogP contribution in [0.15, 0.2) is 48.7 Å². The number of fused-ring (bicyclic) bond motifs is 4. The minimum Gasteiger partial charge on any atom is -0.465 e. The summed E-state index contributed by atoms with van der Waals surface area (Å²) in [6.45, 7) is 1.98. The van der Waals surface area contributed by atoms with Gasteiger partial charge in [0.25, 0.3) is 0 Å². The van der Waals surface area contributed by atoms with Crippen molar-refractivity contribution in [1.29, 1.82) is 0 Å². The van der Waals surface area contributed by atoms with Crippen LogP contribution in [0.3, 0.4) is 0 Å². The predicted octanol–water partition coefficient (Wildman–Crippen LogP) is 6.85. The number of nitrogens with zero attached hydrogens (tertiary/aromatic N) is 2. The SMILES string of the molecule is COC(=O)c1ccc2c(c1)-c1ccnc(c1)C(N1CCC(c3c(F)ccc(Cl)c3F)OC1=O)CCCC(C)C(=O)N2. The van der Waals surface area contributed by atoms with Gasteiger partial charge in [-0.2, -0.15) is 0 Å². The van der Waals surface area contributed by atoms with Gasteiger partial charge < -0.3 is 14.8 Å². The number of pyridine rings is 1. The Morgan fingerprint density at radius 1 is 1.12 bits per heavy atom. The lowest BCUT2D eigenvalue weighted by atomic mass is 9.93. The molecular weight excluding hydrogens is 556 g/mol. The number of carbonyl (C=O) groups excluding carboxylic acids is 3. The number of halogens is 3. The number of ether oxygens (including phenoxy) is 2. The number of anilines is 1. The van der Waals surface area contributed by atoms with Crippen molar-refractivity contribution in [3.63, 3.8) is 0 Å². The van der Waals surface area contributed by atoms with E-state index in [1.807, 2.05) is 6.92 Å². The van der Waals surface area contributed by atoms with E-state index in [4.69, 9.17) is 21.1 Å². The van der Waals surface area contributed by atoms with E-state index in [9.17, 15) is 23.2 Å². The Bertz CT molecular complexity index is 1520. The third kappa shape index (κ3) is 5.74. The first-order valence-corrected chi connectivity index (χ1v) is 13.7. The van der Waals surface area contributed by atoms with Crippen LogP contribution in [-0.4, -0.2) is 41.5 Å². The molecule has 41 heavy (non-hydrogen) atoms. The molecule has 3 unspecified atom stereocenters. The Balaban J connectivity index is 1.51. The van der Waals surface area contributed by atoms with Gasteiger partial charge in [0.05, 0.1) is 35.0 Å². The smallest absolute Gasteiger partial charge is 0.410 e. The first-order chi connectivity index (χ1) is 19.7. The first kappa shape index (κ1) is 28.5. The zero-order chi connectivity index (χ0) is 29.3. The van der Waals surface area contributed by atoms with E-state index < -0.39 is 35.8 Å². The number of rotatable bonds is 3. The predicted molar refractivity (Wildman–Crippen MR) is 147 cm³/mol. The van der Waals surface area contributed by atoms with Crippen molar-refractivity contribution in [2.45, 2.75) is 44.8 Å². The van der Waals surface area contributed by atoms with Gasteiger partial charge in [0.15, 0.2) is 5.82 Å². The van der Waals surface area contributed by atoms with Crippen molar-refractivity contribution in [3.05, 3.63) is 82.1 Å².